The lowest BCUT2D eigenvalue weighted by Crippen LogP contribution is -2.50. The van der Waals surface area contributed by atoms with Crippen molar-refractivity contribution < 1.29 is 0 Å². The van der Waals surface area contributed by atoms with Crippen LogP contribution in [0.4, 0.5) is 0 Å². The summed E-state index contributed by atoms with van der Waals surface area (Å²) in [6.45, 7) is 10.9. The van der Waals surface area contributed by atoms with E-state index >= 15 is 0 Å². The summed E-state index contributed by atoms with van der Waals surface area (Å²) < 4.78 is 0. The Morgan fingerprint density at radius 1 is 1.06 bits per heavy atom. The Hall–Kier alpha value is -0.0800. The molecule has 2 rings (SSSR count). The van der Waals surface area contributed by atoms with Crippen LogP contribution in [0.25, 0.3) is 0 Å². The molecule has 1 saturated carbocycles. The minimum absolute atomic E-state index is 0.759. The topological polar surface area (TPSA) is 15.3 Å². The summed E-state index contributed by atoms with van der Waals surface area (Å²) in [7, 11) is 0. The van der Waals surface area contributed by atoms with Gasteiger partial charge in [-0.1, -0.05) is 20.8 Å². The van der Waals surface area contributed by atoms with E-state index in [2.05, 4.69) is 31.0 Å². The van der Waals surface area contributed by atoms with E-state index in [9.17, 15) is 0 Å². The third-order valence-electron chi connectivity index (χ3n) is 5.02. The van der Waals surface area contributed by atoms with Crippen LogP contribution in [0.5, 0.6) is 0 Å². The second kappa shape index (κ2) is 6.19. The maximum absolute atomic E-state index is 3.93. The first-order valence-corrected chi connectivity index (χ1v) is 7.67. The van der Waals surface area contributed by atoms with E-state index in [0.29, 0.717) is 0 Å². The summed E-state index contributed by atoms with van der Waals surface area (Å²) >= 11 is 0. The smallest absolute Gasteiger partial charge is 0.0198 e. The predicted octanol–water partition coefficient (Wildman–Crippen LogP) is 2.89. The van der Waals surface area contributed by atoms with Crippen LogP contribution >= 0.6 is 0 Å². The highest BCUT2D eigenvalue weighted by atomic mass is 15.2. The van der Waals surface area contributed by atoms with Gasteiger partial charge in [0.2, 0.25) is 0 Å². The lowest BCUT2D eigenvalue weighted by molar-refractivity contribution is 0.161. The average molecular weight is 238 g/mol. The minimum atomic E-state index is 0.759. The molecule has 17 heavy (non-hydrogen) atoms. The van der Waals surface area contributed by atoms with E-state index < -0.39 is 0 Å². The summed E-state index contributed by atoms with van der Waals surface area (Å²) in [5.74, 6) is 1.85. The summed E-state index contributed by atoms with van der Waals surface area (Å²) in [5.41, 5.74) is 0. The number of nitrogens with one attached hydrogen (secondary N) is 1. The Morgan fingerprint density at radius 3 is 2.59 bits per heavy atom. The molecular formula is C15H30N2. The molecule has 1 heterocycles. The SMILES string of the molecule is CCN1CCCC(NC2CCC(C)C(C)C2)C1. The van der Waals surface area contributed by atoms with Crippen LogP contribution in [0.1, 0.15) is 52.9 Å². The van der Waals surface area contributed by atoms with Gasteiger partial charge in [0.25, 0.3) is 0 Å². The molecular weight excluding hydrogens is 208 g/mol. The van der Waals surface area contributed by atoms with Gasteiger partial charge < -0.3 is 10.2 Å². The third-order valence-corrected chi connectivity index (χ3v) is 5.02. The Balaban J connectivity index is 1.76. The standard InChI is InChI=1S/C15H30N2/c1-4-17-9-5-6-15(11-17)16-14-8-7-12(2)13(3)10-14/h12-16H,4-11H2,1-3H3. The predicted molar refractivity (Wildman–Crippen MR) is 74.2 cm³/mol. The number of piperidine rings is 1. The number of likely N-dealkylation sites (N-methyl/N-ethyl adjacent to an activating group) is 1. The van der Waals surface area contributed by atoms with Gasteiger partial charge in [-0.25, -0.2) is 0 Å². The summed E-state index contributed by atoms with van der Waals surface area (Å²) in [5, 5.41) is 3.93. The normalized spacial score (nSPS) is 40.4. The van der Waals surface area contributed by atoms with Crippen LogP contribution in [-0.2, 0) is 0 Å². The largest absolute Gasteiger partial charge is 0.310 e. The lowest BCUT2D eigenvalue weighted by atomic mass is 9.79. The molecule has 4 unspecified atom stereocenters. The first kappa shape index (κ1) is 13.4. The molecule has 0 spiro atoms. The van der Waals surface area contributed by atoms with Gasteiger partial charge in [0, 0.05) is 18.6 Å². The number of likely N-dealkylation sites (tertiary alicyclic amines) is 1. The Morgan fingerprint density at radius 2 is 1.88 bits per heavy atom. The van der Waals surface area contributed by atoms with Gasteiger partial charge in [0.15, 0.2) is 0 Å². The van der Waals surface area contributed by atoms with E-state index in [0.717, 1.165) is 23.9 Å². The second-order valence-electron chi connectivity index (χ2n) is 6.36. The highest BCUT2D eigenvalue weighted by Crippen LogP contribution is 2.29. The summed E-state index contributed by atoms with van der Waals surface area (Å²) in [6, 6.07) is 1.55. The van der Waals surface area contributed by atoms with Crippen molar-refractivity contribution in [3.8, 4) is 0 Å². The molecule has 4 atom stereocenters. The van der Waals surface area contributed by atoms with Gasteiger partial charge in [-0.05, 0) is 57.0 Å². The van der Waals surface area contributed by atoms with Gasteiger partial charge in [-0.3, -0.25) is 0 Å². The molecule has 0 radical (unpaired) electrons. The van der Waals surface area contributed by atoms with Crippen LogP contribution in [0.2, 0.25) is 0 Å². The molecule has 2 aliphatic rings. The molecule has 0 aromatic rings. The van der Waals surface area contributed by atoms with Crippen LogP contribution in [-0.4, -0.2) is 36.6 Å². The van der Waals surface area contributed by atoms with Gasteiger partial charge in [-0.2, -0.15) is 0 Å². The highest BCUT2D eigenvalue weighted by molar-refractivity contribution is 4.85. The average Bonchev–Trinajstić information content (AvgIpc) is 2.34. The quantitative estimate of drug-likeness (QED) is 0.813. The van der Waals surface area contributed by atoms with Gasteiger partial charge in [-0.15, -0.1) is 0 Å². The Kier molecular flexibility index (Phi) is 4.87. The van der Waals surface area contributed by atoms with Gasteiger partial charge in [0.1, 0.15) is 0 Å². The minimum Gasteiger partial charge on any atom is -0.310 e. The van der Waals surface area contributed by atoms with Crippen molar-refractivity contribution in [2.45, 2.75) is 65.0 Å². The molecule has 0 bridgehead atoms. The van der Waals surface area contributed by atoms with Crippen LogP contribution in [0.15, 0.2) is 0 Å². The van der Waals surface area contributed by atoms with Crippen LogP contribution in [0, 0.1) is 11.8 Å². The zero-order valence-corrected chi connectivity index (χ0v) is 11.9. The van der Waals surface area contributed by atoms with Crippen LogP contribution in [0.3, 0.4) is 0 Å². The maximum atomic E-state index is 3.93. The van der Waals surface area contributed by atoms with Crippen molar-refractivity contribution >= 4 is 0 Å². The number of hydrogen-bond donors (Lipinski definition) is 1. The lowest BCUT2D eigenvalue weighted by Gasteiger charge is -2.38. The number of nitrogens with zero attached hydrogens (tertiary/aromatic N) is 1. The second-order valence-corrected chi connectivity index (χ2v) is 6.36. The maximum Gasteiger partial charge on any atom is 0.0198 e. The van der Waals surface area contributed by atoms with E-state index in [1.165, 1.54) is 51.7 Å². The molecule has 2 fully saturated rings. The van der Waals surface area contributed by atoms with Crippen molar-refractivity contribution in [3.63, 3.8) is 0 Å². The van der Waals surface area contributed by atoms with E-state index in [1.807, 2.05) is 0 Å². The fraction of sp³-hybridized carbons (Fsp3) is 1.00. The van der Waals surface area contributed by atoms with Crippen LogP contribution < -0.4 is 5.32 Å². The van der Waals surface area contributed by atoms with Crippen molar-refractivity contribution in [1.29, 1.82) is 0 Å². The fourth-order valence-corrected chi connectivity index (χ4v) is 3.51. The van der Waals surface area contributed by atoms with Crippen molar-refractivity contribution in [2.24, 2.45) is 11.8 Å². The molecule has 2 nitrogen and oxygen atoms in total. The first-order valence-electron chi connectivity index (χ1n) is 7.67. The fourth-order valence-electron chi connectivity index (χ4n) is 3.51. The van der Waals surface area contributed by atoms with Crippen molar-refractivity contribution in [2.75, 3.05) is 19.6 Å². The summed E-state index contributed by atoms with van der Waals surface area (Å²) in [6.07, 6.45) is 6.97. The molecule has 0 amide bonds. The van der Waals surface area contributed by atoms with Gasteiger partial charge in [0.05, 0.1) is 0 Å². The third kappa shape index (κ3) is 3.69. The monoisotopic (exact) mass is 238 g/mol. The first-order chi connectivity index (χ1) is 8.19. The van der Waals surface area contributed by atoms with Gasteiger partial charge >= 0.3 is 0 Å². The van der Waals surface area contributed by atoms with E-state index in [1.54, 1.807) is 0 Å². The zero-order valence-electron chi connectivity index (χ0n) is 11.9. The molecule has 0 aromatic carbocycles. The van der Waals surface area contributed by atoms with E-state index in [-0.39, 0.29) is 0 Å². The molecule has 1 N–H and O–H groups in total. The molecule has 2 heteroatoms. The zero-order chi connectivity index (χ0) is 12.3. The highest BCUT2D eigenvalue weighted by Gasteiger charge is 2.27. The van der Waals surface area contributed by atoms with Crippen molar-refractivity contribution in [3.05, 3.63) is 0 Å². The Bertz CT molecular complexity index is 225. The number of hydrogen-bond acceptors (Lipinski definition) is 2. The molecule has 0 aromatic heterocycles. The molecule has 1 saturated heterocycles. The Labute approximate surface area is 107 Å². The van der Waals surface area contributed by atoms with Crippen molar-refractivity contribution in [1.82, 2.24) is 10.2 Å². The number of rotatable bonds is 3. The summed E-state index contributed by atoms with van der Waals surface area (Å²) in [4.78, 5) is 2.59. The molecule has 1 aliphatic heterocycles. The molecule has 1 aliphatic carbocycles. The van der Waals surface area contributed by atoms with E-state index in [4.69, 9.17) is 0 Å². The molecule has 100 valence electrons.